The number of carboxylic acid groups (broad SMARTS) is 1. The highest BCUT2D eigenvalue weighted by molar-refractivity contribution is 6.00. The van der Waals surface area contributed by atoms with Crippen LogP contribution in [0.3, 0.4) is 0 Å². The van der Waals surface area contributed by atoms with Gasteiger partial charge in [0.05, 0.1) is 18.7 Å². The number of carboxylic acids is 1. The fourth-order valence-corrected chi connectivity index (χ4v) is 2.06. The Balaban J connectivity index is 2.42. The number of hydrogen-bond donors (Lipinski definition) is 1. The second kappa shape index (κ2) is 4.83. The lowest BCUT2D eigenvalue weighted by atomic mass is 10.1. The van der Waals surface area contributed by atoms with Gasteiger partial charge in [0.2, 0.25) is 5.91 Å². The molecule has 7 heteroatoms. The monoisotopic (exact) mass is 271 g/mol. The van der Waals surface area contributed by atoms with Gasteiger partial charge in [-0.1, -0.05) is 0 Å². The first-order valence-corrected chi connectivity index (χ1v) is 5.50. The van der Waals surface area contributed by atoms with E-state index in [1.807, 2.05) is 0 Å². The molecule has 1 aliphatic rings. The summed E-state index contributed by atoms with van der Waals surface area (Å²) in [5.74, 6) is -4.59. The number of anilines is 1. The summed E-state index contributed by atoms with van der Waals surface area (Å²) in [4.78, 5) is 23.6. The summed E-state index contributed by atoms with van der Waals surface area (Å²) in [6, 6.07) is 1.58. The van der Waals surface area contributed by atoms with Crippen LogP contribution < -0.4 is 9.64 Å². The number of amides is 1. The highest BCUT2D eigenvalue weighted by Gasteiger charge is 2.37. The zero-order valence-corrected chi connectivity index (χ0v) is 10.0. The van der Waals surface area contributed by atoms with Crippen LogP contribution in [0.2, 0.25) is 0 Å². The van der Waals surface area contributed by atoms with Gasteiger partial charge >= 0.3 is 5.97 Å². The van der Waals surface area contributed by atoms with Crippen LogP contribution in [0.4, 0.5) is 14.5 Å². The molecule has 1 N–H and O–H groups in total. The molecule has 0 saturated carbocycles. The first-order chi connectivity index (χ1) is 8.93. The van der Waals surface area contributed by atoms with Crippen molar-refractivity contribution in [1.29, 1.82) is 0 Å². The van der Waals surface area contributed by atoms with Crippen LogP contribution in [-0.4, -0.2) is 30.6 Å². The van der Waals surface area contributed by atoms with Gasteiger partial charge in [-0.05, 0) is 0 Å². The highest BCUT2D eigenvalue weighted by Crippen LogP contribution is 2.35. The maximum absolute atomic E-state index is 13.5. The summed E-state index contributed by atoms with van der Waals surface area (Å²) < 4.78 is 31.6. The van der Waals surface area contributed by atoms with Gasteiger partial charge in [-0.15, -0.1) is 0 Å². The van der Waals surface area contributed by atoms with Crippen LogP contribution in [0, 0.1) is 17.6 Å². The third-order valence-corrected chi connectivity index (χ3v) is 2.96. The van der Waals surface area contributed by atoms with Gasteiger partial charge in [0.1, 0.15) is 5.82 Å². The number of hydrogen-bond acceptors (Lipinski definition) is 3. The number of ether oxygens (including phenoxy) is 1. The number of methoxy groups -OCH3 is 1. The molecule has 0 bridgehead atoms. The molecule has 1 atom stereocenters. The van der Waals surface area contributed by atoms with E-state index in [0.717, 1.165) is 11.0 Å². The predicted molar refractivity (Wildman–Crippen MR) is 61.0 cm³/mol. The summed E-state index contributed by atoms with van der Waals surface area (Å²) in [5.41, 5.74) is -0.0891. The number of carbonyl (C=O) groups is 2. The van der Waals surface area contributed by atoms with Crippen LogP contribution in [0.5, 0.6) is 5.75 Å². The van der Waals surface area contributed by atoms with E-state index in [0.29, 0.717) is 6.07 Å². The van der Waals surface area contributed by atoms with Crippen LogP contribution in [-0.2, 0) is 9.59 Å². The lowest BCUT2D eigenvalue weighted by Crippen LogP contribution is -2.26. The molecule has 1 saturated heterocycles. The van der Waals surface area contributed by atoms with Gasteiger partial charge in [0.25, 0.3) is 0 Å². The number of rotatable bonds is 3. The normalized spacial score (nSPS) is 18.8. The van der Waals surface area contributed by atoms with Crippen LogP contribution >= 0.6 is 0 Å². The second-order valence-corrected chi connectivity index (χ2v) is 4.18. The van der Waals surface area contributed by atoms with Crippen molar-refractivity contribution in [1.82, 2.24) is 0 Å². The topological polar surface area (TPSA) is 66.8 Å². The Hall–Kier alpha value is -2.18. The Kier molecular flexibility index (Phi) is 3.37. The zero-order chi connectivity index (χ0) is 14.2. The summed E-state index contributed by atoms with van der Waals surface area (Å²) >= 11 is 0. The van der Waals surface area contributed by atoms with E-state index in [4.69, 9.17) is 9.84 Å². The standard InChI is InChI=1S/C12H11F2NO4/c1-19-11-8(14)3-7(13)4-9(11)15-5-6(12(17)18)2-10(15)16/h3-4,6H,2,5H2,1H3,(H,17,18). The minimum absolute atomic E-state index is 0.0891. The molecule has 1 amide bonds. The molecular formula is C12H11F2NO4. The van der Waals surface area contributed by atoms with Gasteiger partial charge in [-0.3, -0.25) is 9.59 Å². The second-order valence-electron chi connectivity index (χ2n) is 4.18. The summed E-state index contributed by atoms with van der Waals surface area (Å²) in [6.07, 6.45) is -0.198. The van der Waals surface area contributed by atoms with Gasteiger partial charge in [0.15, 0.2) is 11.6 Å². The fraction of sp³-hybridized carbons (Fsp3) is 0.333. The molecule has 1 aromatic rings. The Morgan fingerprint density at radius 2 is 2.16 bits per heavy atom. The third kappa shape index (κ3) is 2.35. The first kappa shape index (κ1) is 13.3. The zero-order valence-electron chi connectivity index (χ0n) is 10.0. The lowest BCUT2D eigenvalue weighted by Gasteiger charge is -2.19. The average Bonchev–Trinajstić information content (AvgIpc) is 2.70. The van der Waals surface area contributed by atoms with Gasteiger partial charge in [-0.2, -0.15) is 0 Å². The number of nitrogens with zero attached hydrogens (tertiary/aromatic N) is 1. The molecule has 5 nitrogen and oxygen atoms in total. The lowest BCUT2D eigenvalue weighted by molar-refractivity contribution is -0.141. The Morgan fingerprint density at radius 1 is 1.47 bits per heavy atom. The molecule has 19 heavy (non-hydrogen) atoms. The minimum Gasteiger partial charge on any atom is -0.492 e. The predicted octanol–water partition coefficient (Wildman–Crippen LogP) is 1.41. The minimum atomic E-state index is -1.12. The Morgan fingerprint density at radius 3 is 2.68 bits per heavy atom. The van der Waals surface area contributed by atoms with E-state index >= 15 is 0 Å². The van der Waals surface area contributed by atoms with Gasteiger partial charge < -0.3 is 14.7 Å². The third-order valence-electron chi connectivity index (χ3n) is 2.96. The Bertz CT molecular complexity index is 547. The van der Waals surface area contributed by atoms with E-state index in [1.54, 1.807) is 0 Å². The van der Waals surface area contributed by atoms with E-state index in [-0.39, 0.29) is 24.4 Å². The molecule has 1 aromatic carbocycles. The van der Waals surface area contributed by atoms with Crippen molar-refractivity contribution in [2.45, 2.75) is 6.42 Å². The van der Waals surface area contributed by atoms with E-state index in [9.17, 15) is 18.4 Å². The molecule has 102 valence electrons. The van der Waals surface area contributed by atoms with E-state index < -0.39 is 29.4 Å². The molecule has 1 heterocycles. The van der Waals surface area contributed by atoms with Crippen LogP contribution in [0.15, 0.2) is 12.1 Å². The molecule has 0 aliphatic carbocycles. The van der Waals surface area contributed by atoms with Gasteiger partial charge in [0, 0.05) is 25.1 Å². The van der Waals surface area contributed by atoms with E-state index in [2.05, 4.69) is 0 Å². The maximum Gasteiger partial charge on any atom is 0.308 e. The van der Waals surface area contributed by atoms with Crippen molar-refractivity contribution in [3.8, 4) is 5.75 Å². The van der Waals surface area contributed by atoms with E-state index in [1.165, 1.54) is 7.11 Å². The molecule has 2 rings (SSSR count). The summed E-state index contributed by atoms with van der Waals surface area (Å²) in [7, 11) is 1.19. The molecule has 0 radical (unpaired) electrons. The van der Waals surface area contributed by atoms with Crippen molar-refractivity contribution in [2.24, 2.45) is 5.92 Å². The van der Waals surface area contributed by atoms with Crippen molar-refractivity contribution in [3.05, 3.63) is 23.8 Å². The molecule has 1 aliphatic heterocycles. The number of benzene rings is 1. The van der Waals surface area contributed by atoms with Crippen molar-refractivity contribution < 1.29 is 28.2 Å². The smallest absolute Gasteiger partial charge is 0.308 e. The molecule has 1 fully saturated rings. The number of carbonyl (C=O) groups excluding carboxylic acids is 1. The SMILES string of the molecule is COc1c(F)cc(F)cc1N1CC(C(=O)O)CC1=O. The van der Waals surface area contributed by atoms with Crippen LogP contribution in [0.1, 0.15) is 6.42 Å². The molecule has 0 spiro atoms. The van der Waals surface area contributed by atoms with Crippen molar-refractivity contribution in [2.75, 3.05) is 18.6 Å². The number of aliphatic carboxylic acids is 1. The molecule has 0 aromatic heterocycles. The molecular weight excluding hydrogens is 260 g/mol. The largest absolute Gasteiger partial charge is 0.492 e. The quantitative estimate of drug-likeness (QED) is 0.902. The number of halogens is 2. The first-order valence-electron chi connectivity index (χ1n) is 5.50. The maximum atomic E-state index is 13.5. The van der Waals surface area contributed by atoms with Gasteiger partial charge in [-0.25, -0.2) is 8.78 Å². The fourth-order valence-electron chi connectivity index (χ4n) is 2.06. The summed E-state index contributed by atoms with van der Waals surface area (Å²) in [6.45, 7) is -0.132. The molecule has 1 unspecified atom stereocenters. The Labute approximate surface area is 107 Å². The average molecular weight is 271 g/mol. The van der Waals surface area contributed by atoms with Crippen LogP contribution in [0.25, 0.3) is 0 Å². The van der Waals surface area contributed by atoms with Crippen molar-refractivity contribution in [3.63, 3.8) is 0 Å². The highest BCUT2D eigenvalue weighted by atomic mass is 19.1. The summed E-state index contributed by atoms with van der Waals surface area (Å²) in [5, 5.41) is 8.87. The van der Waals surface area contributed by atoms with Crippen molar-refractivity contribution >= 4 is 17.6 Å².